The first kappa shape index (κ1) is 13.5. The summed E-state index contributed by atoms with van der Waals surface area (Å²) in [7, 11) is 0. The van der Waals surface area contributed by atoms with Crippen LogP contribution in [0, 0.1) is 6.92 Å². The van der Waals surface area contributed by atoms with Crippen molar-refractivity contribution in [1.82, 2.24) is 0 Å². The fourth-order valence-electron chi connectivity index (χ4n) is 1.81. The minimum absolute atomic E-state index is 0.132. The van der Waals surface area contributed by atoms with E-state index >= 15 is 0 Å². The third-order valence-corrected chi connectivity index (χ3v) is 3.01. The topological polar surface area (TPSA) is 62.5 Å². The molecular formula is C14H14ClNO3. The Morgan fingerprint density at radius 1 is 1.37 bits per heavy atom. The molecule has 1 unspecified atom stereocenters. The summed E-state index contributed by atoms with van der Waals surface area (Å²) in [6.45, 7) is 3.76. The third-order valence-electron chi connectivity index (χ3n) is 2.77. The predicted molar refractivity (Wildman–Crippen MR) is 73.9 cm³/mol. The number of nitrogens with one attached hydrogen (secondary N) is 1. The molecule has 0 spiro atoms. The molecule has 0 aliphatic carbocycles. The van der Waals surface area contributed by atoms with Crippen molar-refractivity contribution >= 4 is 23.3 Å². The molecule has 0 radical (unpaired) electrons. The second-order valence-corrected chi connectivity index (χ2v) is 4.75. The zero-order chi connectivity index (χ0) is 14.0. The van der Waals surface area contributed by atoms with E-state index in [2.05, 4.69) is 5.32 Å². The normalized spacial score (nSPS) is 12.2. The molecule has 5 heteroatoms. The average Bonchev–Trinajstić information content (AvgIpc) is 2.78. The summed E-state index contributed by atoms with van der Waals surface area (Å²) >= 11 is 5.81. The summed E-state index contributed by atoms with van der Waals surface area (Å²) in [6, 6.07) is 8.32. The summed E-state index contributed by atoms with van der Waals surface area (Å²) in [5.74, 6) is 0.551. The van der Waals surface area contributed by atoms with Crippen LogP contribution >= 0.6 is 11.6 Å². The second kappa shape index (κ2) is 5.36. The largest absolute Gasteiger partial charge is 0.478 e. The van der Waals surface area contributed by atoms with E-state index in [1.165, 1.54) is 6.07 Å². The number of aryl methyl sites for hydroxylation is 1. The van der Waals surface area contributed by atoms with Crippen molar-refractivity contribution in [2.75, 3.05) is 5.32 Å². The quantitative estimate of drug-likeness (QED) is 0.884. The van der Waals surface area contributed by atoms with Crippen LogP contribution in [0.1, 0.15) is 34.8 Å². The van der Waals surface area contributed by atoms with Crippen LogP contribution in [0.5, 0.6) is 0 Å². The van der Waals surface area contributed by atoms with Crippen molar-refractivity contribution in [1.29, 1.82) is 0 Å². The van der Waals surface area contributed by atoms with Gasteiger partial charge in [0.1, 0.15) is 11.5 Å². The van der Waals surface area contributed by atoms with Crippen molar-refractivity contribution < 1.29 is 14.3 Å². The molecule has 2 aromatic rings. The number of carboxylic acid groups (broad SMARTS) is 1. The zero-order valence-electron chi connectivity index (χ0n) is 10.6. The molecule has 100 valence electrons. The van der Waals surface area contributed by atoms with Crippen LogP contribution in [-0.4, -0.2) is 11.1 Å². The Labute approximate surface area is 116 Å². The molecule has 4 nitrogen and oxygen atoms in total. The van der Waals surface area contributed by atoms with E-state index in [0.29, 0.717) is 10.7 Å². The molecule has 0 amide bonds. The molecule has 2 N–H and O–H groups in total. The van der Waals surface area contributed by atoms with Gasteiger partial charge in [-0.25, -0.2) is 4.79 Å². The number of aromatic carboxylic acids is 1. The standard InChI is InChI=1S/C14H14ClNO3/c1-8-3-6-13(19-8)9(2)16-12-5-4-10(15)7-11(12)14(17)18/h3-7,9,16H,1-2H3,(H,17,18). The van der Waals surface area contributed by atoms with Crippen LogP contribution in [0.2, 0.25) is 5.02 Å². The van der Waals surface area contributed by atoms with E-state index in [-0.39, 0.29) is 11.6 Å². The lowest BCUT2D eigenvalue weighted by Crippen LogP contribution is -2.10. The Balaban J connectivity index is 2.26. The first-order valence-electron chi connectivity index (χ1n) is 5.83. The first-order valence-corrected chi connectivity index (χ1v) is 6.21. The van der Waals surface area contributed by atoms with Gasteiger partial charge in [-0.3, -0.25) is 0 Å². The van der Waals surface area contributed by atoms with Crippen LogP contribution in [0.15, 0.2) is 34.7 Å². The number of furan rings is 1. The Bertz CT molecular complexity index is 606. The van der Waals surface area contributed by atoms with Gasteiger partial charge in [-0.1, -0.05) is 11.6 Å². The molecule has 0 fully saturated rings. The van der Waals surface area contributed by atoms with Gasteiger partial charge < -0.3 is 14.8 Å². The lowest BCUT2D eigenvalue weighted by atomic mass is 10.1. The number of halogens is 1. The van der Waals surface area contributed by atoms with Crippen LogP contribution in [0.3, 0.4) is 0 Å². The van der Waals surface area contributed by atoms with Crippen molar-refractivity contribution in [2.45, 2.75) is 19.9 Å². The van der Waals surface area contributed by atoms with Crippen LogP contribution in [-0.2, 0) is 0 Å². The van der Waals surface area contributed by atoms with Gasteiger partial charge in [0.15, 0.2) is 0 Å². The number of hydrogen-bond donors (Lipinski definition) is 2. The minimum Gasteiger partial charge on any atom is -0.478 e. The SMILES string of the molecule is Cc1ccc(C(C)Nc2ccc(Cl)cc2C(=O)O)o1. The predicted octanol–water partition coefficient (Wildman–Crippen LogP) is 4.11. The van der Waals surface area contributed by atoms with E-state index in [4.69, 9.17) is 21.1 Å². The lowest BCUT2D eigenvalue weighted by Gasteiger charge is -2.15. The molecule has 0 aliphatic heterocycles. The van der Waals surface area contributed by atoms with E-state index in [1.807, 2.05) is 26.0 Å². The van der Waals surface area contributed by atoms with Gasteiger partial charge in [0.2, 0.25) is 0 Å². The van der Waals surface area contributed by atoms with Crippen molar-refractivity contribution in [3.05, 3.63) is 52.4 Å². The number of rotatable bonds is 4. The summed E-state index contributed by atoms with van der Waals surface area (Å²) in [5.41, 5.74) is 0.654. The molecule has 19 heavy (non-hydrogen) atoms. The molecule has 1 heterocycles. The Morgan fingerprint density at radius 3 is 2.68 bits per heavy atom. The van der Waals surface area contributed by atoms with Crippen molar-refractivity contribution in [3.8, 4) is 0 Å². The lowest BCUT2D eigenvalue weighted by molar-refractivity contribution is 0.0698. The molecule has 0 saturated heterocycles. The van der Waals surface area contributed by atoms with Gasteiger partial charge in [0.05, 0.1) is 11.6 Å². The first-order chi connectivity index (χ1) is 8.97. The van der Waals surface area contributed by atoms with Gasteiger partial charge in [-0.05, 0) is 44.2 Å². The number of benzene rings is 1. The van der Waals surface area contributed by atoms with Gasteiger partial charge in [-0.2, -0.15) is 0 Å². The summed E-state index contributed by atoms with van der Waals surface area (Å²) in [5, 5.41) is 12.7. The van der Waals surface area contributed by atoms with Crippen LogP contribution in [0.4, 0.5) is 5.69 Å². The number of carbonyl (C=O) groups is 1. The smallest absolute Gasteiger partial charge is 0.337 e. The van der Waals surface area contributed by atoms with E-state index in [0.717, 1.165) is 11.5 Å². The maximum atomic E-state index is 11.2. The van der Waals surface area contributed by atoms with Gasteiger partial charge in [-0.15, -0.1) is 0 Å². The summed E-state index contributed by atoms with van der Waals surface area (Å²) in [4.78, 5) is 11.2. The number of carboxylic acids is 1. The highest BCUT2D eigenvalue weighted by atomic mass is 35.5. The second-order valence-electron chi connectivity index (χ2n) is 4.31. The Hall–Kier alpha value is -1.94. The van der Waals surface area contributed by atoms with Crippen molar-refractivity contribution in [2.24, 2.45) is 0 Å². The molecule has 0 saturated carbocycles. The third kappa shape index (κ3) is 3.09. The minimum atomic E-state index is -1.02. The highest BCUT2D eigenvalue weighted by Crippen LogP contribution is 2.26. The molecule has 1 atom stereocenters. The van der Waals surface area contributed by atoms with Gasteiger partial charge in [0, 0.05) is 10.7 Å². The molecule has 2 rings (SSSR count). The average molecular weight is 280 g/mol. The summed E-state index contributed by atoms with van der Waals surface area (Å²) < 4.78 is 5.51. The Kier molecular flexibility index (Phi) is 3.81. The monoisotopic (exact) mass is 279 g/mol. The van der Waals surface area contributed by atoms with E-state index in [9.17, 15) is 4.79 Å². The zero-order valence-corrected chi connectivity index (χ0v) is 11.4. The van der Waals surface area contributed by atoms with Crippen molar-refractivity contribution in [3.63, 3.8) is 0 Å². The maximum absolute atomic E-state index is 11.2. The van der Waals surface area contributed by atoms with E-state index < -0.39 is 5.97 Å². The number of anilines is 1. The van der Waals surface area contributed by atoms with Gasteiger partial charge >= 0.3 is 5.97 Å². The van der Waals surface area contributed by atoms with Crippen LogP contribution in [0.25, 0.3) is 0 Å². The molecule has 0 bridgehead atoms. The molecule has 0 aliphatic rings. The molecular weight excluding hydrogens is 266 g/mol. The summed E-state index contributed by atoms with van der Waals surface area (Å²) in [6.07, 6.45) is 0. The molecule has 1 aromatic heterocycles. The fraction of sp³-hybridized carbons (Fsp3) is 0.214. The molecule has 1 aromatic carbocycles. The highest BCUT2D eigenvalue weighted by Gasteiger charge is 2.15. The highest BCUT2D eigenvalue weighted by molar-refractivity contribution is 6.31. The number of hydrogen-bond acceptors (Lipinski definition) is 3. The van der Waals surface area contributed by atoms with Crippen LogP contribution < -0.4 is 5.32 Å². The fourth-order valence-corrected chi connectivity index (χ4v) is 1.98. The van der Waals surface area contributed by atoms with Gasteiger partial charge in [0.25, 0.3) is 0 Å². The maximum Gasteiger partial charge on any atom is 0.337 e. The Morgan fingerprint density at radius 2 is 2.11 bits per heavy atom. The van der Waals surface area contributed by atoms with E-state index in [1.54, 1.807) is 12.1 Å².